The average Bonchev–Trinajstić information content (AvgIpc) is 3.40. The van der Waals surface area contributed by atoms with E-state index in [9.17, 15) is 9.90 Å². The molecule has 1 fully saturated rings. The minimum Gasteiger partial charge on any atom is -0.508 e. The topological polar surface area (TPSA) is 67.8 Å². The standard InChI is InChI=1S/C19H21NO4/c1-23-15-6-8-16(9-7-15)24-11-10-20-19(22)18-12-17(18)13-2-4-14(21)5-3-13/h2-9,17-18,21H,10-12H2,1H3,(H,20,22). The molecule has 2 unspecified atom stereocenters. The molecule has 0 aromatic heterocycles. The van der Waals surface area contributed by atoms with Crippen LogP contribution in [0.1, 0.15) is 17.9 Å². The Labute approximate surface area is 141 Å². The summed E-state index contributed by atoms with van der Waals surface area (Å²) in [6.07, 6.45) is 0.857. The van der Waals surface area contributed by atoms with Crippen molar-refractivity contribution in [3.05, 3.63) is 54.1 Å². The van der Waals surface area contributed by atoms with Gasteiger partial charge in [-0.1, -0.05) is 12.1 Å². The largest absolute Gasteiger partial charge is 0.508 e. The molecular formula is C19H21NO4. The molecule has 0 spiro atoms. The first-order valence-electron chi connectivity index (χ1n) is 8.01. The zero-order valence-corrected chi connectivity index (χ0v) is 13.6. The van der Waals surface area contributed by atoms with Crippen LogP contribution in [-0.2, 0) is 4.79 Å². The van der Waals surface area contributed by atoms with Gasteiger partial charge in [0.25, 0.3) is 0 Å². The van der Waals surface area contributed by atoms with E-state index >= 15 is 0 Å². The lowest BCUT2D eigenvalue weighted by atomic mass is 10.1. The summed E-state index contributed by atoms with van der Waals surface area (Å²) in [5.74, 6) is 2.12. The quantitative estimate of drug-likeness (QED) is 0.767. The Hall–Kier alpha value is -2.69. The number of phenols is 1. The Bertz CT molecular complexity index is 682. The van der Waals surface area contributed by atoms with Crippen molar-refractivity contribution in [1.29, 1.82) is 0 Å². The molecule has 3 rings (SSSR count). The van der Waals surface area contributed by atoms with Gasteiger partial charge in [-0.05, 0) is 54.3 Å². The maximum Gasteiger partial charge on any atom is 0.223 e. The van der Waals surface area contributed by atoms with E-state index in [0.717, 1.165) is 23.5 Å². The minimum absolute atomic E-state index is 0.0236. The van der Waals surface area contributed by atoms with Crippen molar-refractivity contribution in [2.75, 3.05) is 20.3 Å². The second-order valence-electron chi connectivity index (χ2n) is 5.86. The zero-order chi connectivity index (χ0) is 16.9. The van der Waals surface area contributed by atoms with Crippen LogP contribution in [0.5, 0.6) is 17.2 Å². The minimum atomic E-state index is 0.0236. The molecule has 0 saturated heterocycles. The first-order valence-corrected chi connectivity index (χ1v) is 8.01. The van der Waals surface area contributed by atoms with Gasteiger partial charge >= 0.3 is 0 Å². The van der Waals surface area contributed by atoms with Gasteiger partial charge in [0, 0.05) is 5.92 Å². The lowest BCUT2D eigenvalue weighted by molar-refractivity contribution is -0.122. The summed E-state index contributed by atoms with van der Waals surface area (Å²) in [5.41, 5.74) is 1.10. The number of aromatic hydroxyl groups is 1. The number of hydrogen-bond donors (Lipinski definition) is 2. The number of nitrogens with one attached hydrogen (secondary N) is 1. The van der Waals surface area contributed by atoms with Crippen molar-refractivity contribution >= 4 is 5.91 Å². The van der Waals surface area contributed by atoms with Crippen LogP contribution in [0.15, 0.2) is 48.5 Å². The van der Waals surface area contributed by atoms with Crippen LogP contribution < -0.4 is 14.8 Å². The normalized spacial score (nSPS) is 18.7. The van der Waals surface area contributed by atoms with Crippen molar-refractivity contribution in [2.24, 2.45) is 5.92 Å². The van der Waals surface area contributed by atoms with E-state index in [1.54, 1.807) is 19.2 Å². The second-order valence-corrected chi connectivity index (χ2v) is 5.86. The van der Waals surface area contributed by atoms with Gasteiger partial charge < -0.3 is 19.9 Å². The Balaban J connectivity index is 1.38. The lowest BCUT2D eigenvalue weighted by Crippen LogP contribution is -2.29. The summed E-state index contributed by atoms with van der Waals surface area (Å²) in [6, 6.07) is 14.4. The molecule has 2 aromatic carbocycles. The summed E-state index contributed by atoms with van der Waals surface area (Å²) in [6.45, 7) is 0.901. The number of ether oxygens (including phenoxy) is 2. The van der Waals surface area contributed by atoms with Crippen LogP contribution in [0.25, 0.3) is 0 Å². The fourth-order valence-corrected chi connectivity index (χ4v) is 2.72. The van der Waals surface area contributed by atoms with Crippen LogP contribution in [0.2, 0.25) is 0 Å². The zero-order valence-electron chi connectivity index (χ0n) is 13.6. The third-order valence-electron chi connectivity index (χ3n) is 4.18. The van der Waals surface area contributed by atoms with E-state index < -0.39 is 0 Å². The van der Waals surface area contributed by atoms with Crippen LogP contribution in [-0.4, -0.2) is 31.3 Å². The molecule has 0 bridgehead atoms. The van der Waals surface area contributed by atoms with E-state index in [1.807, 2.05) is 36.4 Å². The van der Waals surface area contributed by atoms with Gasteiger partial charge in [0.1, 0.15) is 23.9 Å². The number of hydrogen-bond acceptors (Lipinski definition) is 4. The summed E-state index contributed by atoms with van der Waals surface area (Å²) in [4.78, 5) is 12.1. The maximum absolute atomic E-state index is 12.1. The SMILES string of the molecule is COc1ccc(OCCNC(=O)C2CC2c2ccc(O)cc2)cc1. The molecule has 1 aliphatic rings. The lowest BCUT2D eigenvalue weighted by Gasteiger charge is -2.08. The monoisotopic (exact) mass is 327 g/mol. The molecule has 0 aliphatic heterocycles. The van der Waals surface area contributed by atoms with Crippen molar-refractivity contribution < 1.29 is 19.4 Å². The Morgan fingerprint density at radius 1 is 1.12 bits per heavy atom. The summed E-state index contributed by atoms with van der Waals surface area (Å²) in [7, 11) is 1.62. The maximum atomic E-state index is 12.1. The Morgan fingerprint density at radius 3 is 2.46 bits per heavy atom. The third kappa shape index (κ3) is 3.98. The third-order valence-corrected chi connectivity index (χ3v) is 4.18. The van der Waals surface area contributed by atoms with Crippen LogP contribution in [0, 0.1) is 5.92 Å². The van der Waals surface area contributed by atoms with E-state index in [0.29, 0.717) is 13.2 Å². The van der Waals surface area contributed by atoms with E-state index in [4.69, 9.17) is 9.47 Å². The van der Waals surface area contributed by atoms with Crippen molar-refractivity contribution in [1.82, 2.24) is 5.32 Å². The van der Waals surface area contributed by atoms with Crippen molar-refractivity contribution in [3.8, 4) is 17.2 Å². The first kappa shape index (κ1) is 16.2. The second kappa shape index (κ2) is 7.25. The number of carbonyl (C=O) groups excluding carboxylic acids is 1. The van der Waals surface area contributed by atoms with E-state index in [2.05, 4.69) is 5.32 Å². The molecule has 1 saturated carbocycles. The van der Waals surface area contributed by atoms with Gasteiger partial charge in [0.2, 0.25) is 5.91 Å². The number of methoxy groups -OCH3 is 1. The van der Waals surface area contributed by atoms with Crippen molar-refractivity contribution in [2.45, 2.75) is 12.3 Å². The van der Waals surface area contributed by atoms with E-state index in [1.165, 1.54) is 0 Å². The highest BCUT2D eigenvalue weighted by Crippen LogP contribution is 2.47. The van der Waals surface area contributed by atoms with Crippen molar-refractivity contribution in [3.63, 3.8) is 0 Å². The first-order chi connectivity index (χ1) is 11.7. The molecule has 126 valence electrons. The van der Waals surface area contributed by atoms with Crippen LogP contribution in [0.4, 0.5) is 0 Å². The van der Waals surface area contributed by atoms with Crippen LogP contribution in [0.3, 0.4) is 0 Å². The summed E-state index contributed by atoms with van der Waals surface area (Å²) < 4.78 is 10.7. The number of carbonyl (C=O) groups is 1. The summed E-state index contributed by atoms with van der Waals surface area (Å²) >= 11 is 0. The van der Waals surface area contributed by atoms with E-state index in [-0.39, 0.29) is 23.5 Å². The molecule has 1 amide bonds. The van der Waals surface area contributed by atoms with Crippen LogP contribution >= 0.6 is 0 Å². The van der Waals surface area contributed by atoms with Gasteiger partial charge in [-0.2, -0.15) is 0 Å². The molecule has 5 heteroatoms. The Kier molecular flexibility index (Phi) is 4.89. The predicted molar refractivity (Wildman–Crippen MR) is 90.5 cm³/mol. The van der Waals surface area contributed by atoms with Gasteiger partial charge in [0.15, 0.2) is 0 Å². The molecule has 0 heterocycles. The number of amides is 1. The Morgan fingerprint density at radius 2 is 1.79 bits per heavy atom. The number of benzene rings is 2. The molecule has 1 aliphatic carbocycles. The molecule has 2 aromatic rings. The van der Waals surface area contributed by atoms with Gasteiger partial charge in [-0.15, -0.1) is 0 Å². The summed E-state index contributed by atoms with van der Waals surface area (Å²) in [5, 5.41) is 12.2. The molecule has 24 heavy (non-hydrogen) atoms. The fourth-order valence-electron chi connectivity index (χ4n) is 2.72. The van der Waals surface area contributed by atoms with Gasteiger partial charge in [-0.25, -0.2) is 0 Å². The number of phenolic OH excluding ortho intramolecular Hbond substituents is 1. The fraction of sp³-hybridized carbons (Fsp3) is 0.316. The number of rotatable bonds is 7. The predicted octanol–water partition coefficient (Wildman–Crippen LogP) is 2.70. The van der Waals surface area contributed by atoms with Gasteiger partial charge in [-0.3, -0.25) is 4.79 Å². The molecule has 2 N–H and O–H groups in total. The smallest absolute Gasteiger partial charge is 0.223 e. The van der Waals surface area contributed by atoms with Gasteiger partial charge in [0.05, 0.1) is 13.7 Å². The molecule has 5 nitrogen and oxygen atoms in total. The average molecular weight is 327 g/mol. The highest BCUT2D eigenvalue weighted by Gasteiger charge is 2.43. The molecular weight excluding hydrogens is 306 g/mol. The highest BCUT2D eigenvalue weighted by atomic mass is 16.5. The molecule has 0 radical (unpaired) electrons. The highest BCUT2D eigenvalue weighted by molar-refractivity contribution is 5.82. The molecule has 2 atom stereocenters.